The highest BCUT2D eigenvalue weighted by Crippen LogP contribution is 2.26. The van der Waals surface area contributed by atoms with E-state index in [1.807, 2.05) is 12.1 Å². The van der Waals surface area contributed by atoms with E-state index in [9.17, 15) is 9.59 Å². The Labute approximate surface area is 209 Å². The Morgan fingerprint density at radius 2 is 1.94 bits per heavy atom. The largest absolute Gasteiger partial charge is 0.442 e. The van der Waals surface area contributed by atoms with Crippen LogP contribution in [0.25, 0.3) is 16.7 Å². The van der Waals surface area contributed by atoms with Gasteiger partial charge in [-0.25, -0.2) is 13.9 Å². The van der Waals surface area contributed by atoms with Crippen LogP contribution < -0.4 is 21.1 Å². The van der Waals surface area contributed by atoms with E-state index in [1.165, 1.54) is 34.1 Å². The molecule has 5 rings (SSSR count). The summed E-state index contributed by atoms with van der Waals surface area (Å²) in [4.78, 5) is 29.6. The molecule has 0 radical (unpaired) electrons. The number of hydrogen-bond acceptors (Lipinski definition) is 7. The van der Waals surface area contributed by atoms with Crippen molar-refractivity contribution in [3.8, 4) is 5.69 Å². The van der Waals surface area contributed by atoms with Gasteiger partial charge in [0.05, 0.1) is 24.3 Å². The van der Waals surface area contributed by atoms with Crippen LogP contribution in [0.5, 0.6) is 0 Å². The van der Waals surface area contributed by atoms with Gasteiger partial charge in [0.25, 0.3) is 5.91 Å². The number of hydrazine groups is 1. The average Bonchev–Trinajstić information content (AvgIpc) is 3.50. The molecule has 3 N–H and O–H groups in total. The van der Waals surface area contributed by atoms with E-state index in [2.05, 4.69) is 31.5 Å². The Balaban J connectivity index is 1.17. The molecule has 1 saturated heterocycles. The molecule has 36 heavy (non-hydrogen) atoms. The van der Waals surface area contributed by atoms with Crippen LogP contribution in [0.15, 0.2) is 67.0 Å². The normalized spacial score (nSPS) is 15.0. The maximum atomic E-state index is 15.0. The van der Waals surface area contributed by atoms with Crippen molar-refractivity contribution in [2.75, 3.05) is 18.0 Å². The molecule has 0 bridgehead atoms. The highest BCUT2D eigenvalue weighted by molar-refractivity contribution is 7.80. The molecule has 1 aliphatic heterocycles. The van der Waals surface area contributed by atoms with Gasteiger partial charge in [0.15, 0.2) is 10.9 Å². The Kier molecular flexibility index (Phi) is 6.36. The molecule has 0 spiro atoms. The molecule has 0 saturated carbocycles. The van der Waals surface area contributed by atoms with Crippen molar-refractivity contribution in [1.82, 2.24) is 36.1 Å². The lowest BCUT2D eigenvalue weighted by molar-refractivity contribution is 0.0943. The van der Waals surface area contributed by atoms with Crippen molar-refractivity contribution in [1.29, 1.82) is 0 Å². The third-order valence-corrected chi connectivity index (χ3v) is 5.67. The Hall–Kier alpha value is -4.65. The van der Waals surface area contributed by atoms with Crippen LogP contribution in [0.3, 0.4) is 0 Å². The van der Waals surface area contributed by atoms with E-state index in [1.54, 1.807) is 30.3 Å². The number of halogens is 1. The number of hydrogen-bond donors (Lipinski definition) is 3. The number of thiocarbonyl (C=S) groups is 1. The quantitative estimate of drug-likeness (QED) is 0.276. The van der Waals surface area contributed by atoms with Crippen molar-refractivity contribution < 1.29 is 18.7 Å². The van der Waals surface area contributed by atoms with E-state index < -0.39 is 18.0 Å². The number of carbonyl (C=O) groups is 2. The lowest BCUT2D eigenvalue weighted by Crippen LogP contribution is -2.48. The van der Waals surface area contributed by atoms with Gasteiger partial charge < -0.3 is 10.1 Å². The fourth-order valence-electron chi connectivity index (χ4n) is 3.66. The number of rotatable bonds is 5. The summed E-state index contributed by atoms with van der Waals surface area (Å²) in [7, 11) is 0. The fraction of sp³-hybridized carbons (Fsp3) is 0.130. The lowest BCUT2D eigenvalue weighted by atomic mass is 10.2. The molecule has 2 aromatic heterocycles. The number of nitrogens with one attached hydrogen (secondary N) is 3. The zero-order chi connectivity index (χ0) is 25.1. The molecule has 1 fully saturated rings. The number of pyridine rings is 1. The van der Waals surface area contributed by atoms with Gasteiger partial charge in [-0.15, -0.1) is 5.10 Å². The zero-order valence-corrected chi connectivity index (χ0v) is 19.4. The number of ether oxygens (including phenoxy) is 1. The van der Waals surface area contributed by atoms with E-state index in [0.717, 1.165) is 0 Å². The van der Waals surface area contributed by atoms with Crippen molar-refractivity contribution in [2.24, 2.45) is 0 Å². The van der Waals surface area contributed by atoms with Gasteiger partial charge in [-0.3, -0.25) is 25.5 Å². The highest BCUT2D eigenvalue weighted by atomic mass is 32.1. The molecule has 182 valence electrons. The second-order valence-electron chi connectivity index (χ2n) is 7.77. The molecule has 2 amide bonds. The first-order valence-electron chi connectivity index (χ1n) is 10.8. The van der Waals surface area contributed by atoms with E-state index in [-0.39, 0.29) is 29.8 Å². The summed E-state index contributed by atoms with van der Waals surface area (Å²) in [5.41, 5.74) is 7.32. The molecular weight excluding hydrogens is 487 g/mol. The van der Waals surface area contributed by atoms with Crippen molar-refractivity contribution in [3.63, 3.8) is 0 Å². The SMILES string of the molecule is O=C(NNC(=S)NC[C@@H]1CN(c2ccc(-n3nnc4ccccc43)c(F)c2)C(=O)O1)c1ccncc1. The predicted octanol–water partition coefficient (Wildman–Crippen LogP) is 2.09. The first-order chi connectivity index (χ1) is 17.5. The minimum atomic E-state index is -0.606. The van der Waals surface area contributed by atoms with E-state index in [0.29, 0.717) is 22.3 Å². The summed E-state index contributed by atoms with van der Waals surface area (Å²) in [5, 5.41) is 11.1. The summed E-state index contributed by atoms with van der Waals surface area (Å²) >= 11 is 5.15. The molecule has 11 nitrogen and oxygen atoms in total. The van der Waals surface area contributed by atoms with Crippen LogP contribution in [0.4, 0.5) is 14.9 Å². The maximum Gasteiger partial charge on any atom is 0.414 e. The molecule has 4 aromatic rings. The average molecular weight is 507 g/mol. The number of benzene rings is 2. The van der Waals surface area contributed by atoms with Crippen LogP contribution in [0, 0.1) is 5.82 Å². The zero-order valence-electron chi connectivity index (χ0n) is 18.6. The van der Waals surface area contributed by atoms with Gasteiger partial charge >= 0.3 is 6.09 Å². The molecule has 3 heterocycles. The van der Waals surface area contributed by atoms with Crippen LogP contribution in [0.1, 0.15) is 10.4 Å². The molecule has 1 aliphatic rings. The van der Waals surface area contributed by atoms with Crippen molar-refractivity contribution in [2.45, 2.75) is 6.10 Å². The number of para-hydroxylation sites is 1. The summed E-state index contributed by atoms with van der Waals surface area (Å²) in [6.45, 7) is 0.369. The summed E-state index contributed by atoms with van der Waals surface area (Å²) in [6.07, 6.45) is 1.85. The minimum Gasteiger partial charge on any atom is -0.442 e. The van der Waals surface area contributed by atoms with Gasteiger partial charge in [0.2, 0.25) is 0 Å². The molecule has 0 unspecified atom stereocenters. The van der Waals surface area contributed by atoms with Crippen LogP contribution in [-0.4, -0.2) is 56.3 Å². The van der Waals surface area contributed by atoms with E-state index >= 15 is 4.39 Å². The van der Waals surface area contributed by atoms with Gasteiger partial charge in [-0.1, -0.05) is 17.3 Å². The standard InChI is InChI=1S/C23H19FN8O3S/c24-17-11-15(5-6-19(17)32-20-4-2-1-3-18(20)27-30-32)31-13-16(35-23(31)34)12-26-22(36)29-28-21(33)14-7-9-25-10-8-14/h1-11,16H,12-13H2,(H,28,33)(H2,26,29,36)/t16-/m1/s1. The third kappa shape index (κ3) is 4.77. The van der Waals surface area contributed by atoms with Gasteiger partial charge in [-0.05, 0) is 54.7 Å². The first kappa shape index (κ1) is 23.1. The number of carbonyl (C=O) groups excluding carboxylic acids is 2. The smallest absolute Gasteiger partial charge is 0.414 e. The summed E-state index contributed by atoms with van der Waals surface area (Å²) in [6, 6.07) is 14.8. The fourth-order valence-corrected chi connectivity index (χ4v) is 3.80. The molecule has 1 atom stereocenters. The second kappa shape index (κ2) is 9.92. The maximum absolute atomic E-state index is 15.0. The second-order valence-corrected chi connectivity index (χ2v) is 8.18. The molecule has 2 aromatic carbocycles. The van der Waals surface area contributed by atoms with E-state index in [4.69, 9.17) is 17.0 Å². The number of anilines is 1. The Bertz CT molecular complexity index is 1450. The van der Waals surface area contributed by atoms with Crippen LogP contribution in [-0.2, 0) is 4.74 Å². The lowest BCUT2D eigenvalue weighted by Gasteiger charge is -2.15. The number of nitrogens with zero attached hydrogens (tertiary/aromatic N) is 5. The first-order valence-corrected chi connectivity index (χ1v) is 11.2. The monoisotopic (exact) mass is 506 g/mol. The molecule has 0 aliphatic carbocycles. The van der Waals surface area contributed by atoms with Crippen LogP contribution >= 0.6 is 12.2 Å². The number of cyclic esters (lactones) is 1. The Morgan fingerprint density at radius 3 is 2.75 bits per heavy atom. The number of fused-ring (bicyclic) bond motifs is 1. The third-order valence-electron chi connectivity index (χ3n) is 5.42. The van der Waals surface area contributed by atoms with Gasteiger partial charge in [-0.2, -0.15) is 0 Å². The van der Waals surface area contributed by atoms with Crippen molar-refractivity contribution in [3.05, 3.63) is 78.4 Å². The molecular formula is C23H19FN8O3S. The predicted molar refractivity (Wildman–Crippen MR) is 132 cm³/mol. The van der Waals surface area contributed by atoms with Gasteiger partial charge in [0.1, 0.15) is 17.3 Å². The number of aromatic nitrogens is 4. The van der Waals surface area contributed by atoms with Crippen molar-refractivity contribution >= 4 is 46.1 Å². The van der Waals surface area contributed by atoms with Gasteiger partial charge in [0, 0.05) is 18.0 Å². The summed E-state index contributed by atoms with van der Waals surface area (Å²) in [5.74, 6) is -0.947. The minimum absolute atomic E-state index is 0.141. The Morgan fingerprint density at radius 1 is 1.14 bits per heavy atom. The topological polar surface area (TPSA) is 126 Å². The molecule has 13 heteroatoms. The highest BCUT2D eigenvalue weighted by Gasteiger charge is 2.33. The number of amides is 2. The van der Waals surface area contributed by atoms with Crippen LogP contribution in [0.2, 0.25) is 0 Å². The summed E-state index contributed by atoms with van der Waals surface area (Å²) < 4.78 is 21.8.